The van der Waals surface area contributed by atoms with Crippen LogP contribution in [-0.4, -0.2) is 44.4 Å². The highest BCUT2D eigenvalue weighted by atomic mass is 32.2. The minimum absolute atomic E-state index is 0.0244. The molecule has 34 heavy (non-hydrogen) atoms. The van der Waals surface area contributed by atoms with E-state index in [4.69, 9.17) is 23.5 Å². The average Bonchev–Trinajstić information content (AvgIpc) is 3.26. The standard InChI is InChI=1S/C22H20N4O7S/c1-29-14-7-3-8-15(30-2)20(14)34(27,28)26-21-18-17(33-25-21)12-16(13-6-4-11-31-19(13)18)32-22-23-9-5-10-24-22/h3,5,7-10,12H,4,6,11H2,1-2H3,(H,25,26). The smallest absolute Gasteiger partial charge is 0.321 e. The minimum atomic E-state index is -4.17. The largest absolute Gasteiger partial charge is 0.495 e. The van der Waals surface area contributed by atoms with Gasteiger partial charge in [0.1, 0.15) is 28.4 Å². The van der Waals surface area contributed by atoms with Gasteiger partial charge in [0, 0.05) is 24.0 Å². The summed E-state index contributed by atoms with van der Waals surface area (Å²) >= 11 is 0. The molecule has 0 atom stereocenters. The Bertz CT molecular complexity index is 1430. The van der Waals surface area contributed by atoms with Crippen molar-refractivity contribution in [1.29, 1.82) is 0 Å². The normalized spacial score (nSPS) is 13.1. The van der Waals surface area contributed by atoms with Crippen molar-refractivity contribution in [3.8, 4) is 29.0 Å². The fourth-order valence-electron chi connectivity index (χ4n) is 3.77. The maximum atomic E-state index is 13.3. The molecule has 5 rings (SSSR count). The van der Waals surface area contributed by atoms with Gasteiger partial charge < -0.3 is 23.5 Å². The molecule has 1 aliphatic heterocycles. The second-order valence-electron chi connectivity index (χ2n) is 7.27. The molecule has 0 amide bonds. The Morgan fingerprint density at radius 3 is 2.47 bits per heavy atom. The van der Waals surface area contributed by atoms with Gasteiger partial charge in [0.2, 0.25) is 0 Å². The van der Waals surface area contributed by atoms with E-state index in [1.54, 1.807) is 30.6 Å². The van der Waals surface area contributed by atoms with Gasteiger partial charge in [-0.15, -0.1) is 0 Å². The zero-order valence-corrected chi connectivity index (χ0v) is 19.1. The summed E-state index contributed by atoms with van der Waals surface area (Å²) in [6, 6.07) is 8.15. The molecule has 0 unspecified atom stereocenters. The third-order valence-electron chi connectivity index (χ3n) is 5.22. The van der Waals surface area contributed by atoms with Gasteiger partial charge in [-0.1, -0.05) is 11.2 Å². The summed E-state index contributed by atoms with van der Waals surface area (Å²) in [6.07, 6.45) is 4.54. The summed E-state index contributed by atoms with van der Waals surface area (Å²) in [5.74, 6) is 1.10. The van der Waals surface area contributed by atoms with E-state index in [2.05, 4.69) is 19.8 Å². The van der Waals surface area contributed by atoms with Gasteiger partial charge in [-0.05, 0) is 31.0 Å². The Kier molecular flexibility index (Phi) is 5.57. The van der Waals surface area contributed by atoms with Crippen molar-refractivity contribution in [3.05, 3.63) is 48.3 Å². The third-order valence-corrected chi connectivity index (χ3v) is 6.62. The molecule has 0 aliphatic carbocycles. The van der Waals surface area contributed by atoms with Crippen LogP contribution in [0.3, 0.4) is 0 Å². The first-order valence-electron chi connectivity index (χ1n) is 10.3. The van der Waals surface area contributed by atoms with Crippen LogP contribution >= 0.6 is 0 Å². The molecule has 0 fully saturated rings. The molecule has 11 nitrogen and oxygen atoms in total. The minimum Gasteiger partial charge on any atom is -0.495 e. The lowest BCUT2D eigenvalue weighted by Crippen LogP contribution is -2.16. The van der Waals surface area contributed by atoms with Crippen molar-refractivity contribution in [2.45, 2.75) is 17.7 Å². The zero-order valence-electron chi connectivity index (χ0n) is 18.3. The van der Waals surface area contributed by atoms with E-state index in [1.807, 2.05) is 0 Å². The number of ether oxygens (including phenoxy) is 4. The highest BCUT2D eigenvalue weighted by Gasteiger charge is 2.30. The predicted molar refractivity (Wildman–Crippen MR) is 120 cm³/mol. The van der Waals surface area contributed by atoms with E-state index in [9.17, 15) is 8.42 Å². The van der Waals surface area contributed by atoms with Crippen molar-refractivity contribution in [2.75, 3.05) is 25.5 Å². The quantitative estimate of drug-likeness (QED) is 0.415. The predicted octanol–water partition coefficient (Wildman–Crippen LogP) is 3.55. The van der Waals surface area contributed by atoms with Crippen LogP contribution in [0.15, 0.2) is 52.1 Å². The number of aromatic nitrogens is 3. The molecular formula is C22H20N4O7S. The van der Waals surface area contributed by atoms with Gasteiger partial charge in [0.05, 0.1) is 20.8 Å². The van der Waals surface area contributed by atoms with Crippen molar-refractivity contribution in [3.63, 3.8) is 0 Å². The van der Waals surface area contributed by atoms with Crippen LogP contribution in [0.4, 0.5) is 5.82 Å². The number of nitrogens with zero attached hydrogens (tertiary/aromatic N) is 3. The molecular weight excluding hydrogens is 464 g/mol. The van der Waals surface area contributed by atoms with E-state index in [0.29, 0.717) is 29.9 Å². The SMILES string of the molecule is COc1cccc(OC)c1S(=O)(=O)Nc1noc2cc(Oc3ncccn3)c3c(c12)OCCC3. The first-order valence-corrected chi connectivity index (χ1v) is 11.8. The van der Waals surface area contributed by atoms with E-state index < -0.39 is 10.0 Å². The first-order chi connectivity index (χ1) is 16.5. The van der Waals surface area contributed by atoms with Crippen LogP contribution in [0.1, 0.15) is 12.0 Å². The lowest BCUT2D eigenvalue weighted by molar-refractivity contribution is 0.287. The first kappa shape index (κ1) is 21.8. The van der Waals surface area contributed by atoms with Crippen LogP contribution in [0.25, 0.3) is 11.0 Å². The summed E-state index contributed by atoms with van der Waals surface area (Å²) in [5.41, 5.74) is 1.01. The molecule has 0 radical (unpaired) electrons. The highest BCUT2D eigenvalue weighted by molar-refractivity contribution is 7.93. The van der Waals surface area contributed by atoms with Crippen LogP contribution in [0, 0.1) is 0 Å². The monoisotopic (exact) mass is 484 g/mol. The van der Waals surface area contributed by atoms with E-state index >= 15 is 0 Å². The second kappa shape index (κ2) is 8.71. The van der Waals surface area contributed by atoms with Gasteiger partial charge in [0.15, 0.2) is 16.3 Å². The number of methoxy groups -OCH3 is 2. The van der Waals surface area contributed by atoms with Crippen molar-refractivity contribution in [1.82, 2.24) is 15.1 Å². The Balaban J connectivity index is 1.60. The number of nitrogens with one attached hydrogen (secondary N) is 1. The third kappa shape index (κ3) is 3.81. The topological polar surface area (TPSA) is 135 Å². The summed E-state index contributed by atoms with van der Waals surface area (Å²) < 4.78 is 56.9. The van der Waals surface area contributed by atoms with Gasteiger partial charge in [-0.2, -0.15) is 0 Å². The number of hydrogen-bond acceptors (Lipinski definition) is 10. The van der Waals surface area contributed by atoms with E-state index in [-0.39, 0.29) is 33.8 Å². The van der Waals surface area contributed by atoms with Crippen molar-refractivity contribution in [2.24, 2.45) is 0 Å². The van der Waals surface area contributed by atoms with Crippen molar-refractivity contribution < 1.29 is 31.9 Å². The Morgan fingerprint density at radius 1 is 1.03 bits per heavy atom. The lowest BCUT2D eigenvalue weighted by atomic mass is 10.0. The van der Waals surface area contributed by atoms with Crippen LogP contribution in [0.5, 0.6) is 29.0 Å². The van der Waals surface area contributed by atoms with E-state index in [1.165, 1.54) is 26.4 Å². The average molecular weight is 484 g/mol. The molecule has 0 bridgehead atoms. The van der Waals surface area contributed by atoms with E-state index in [0.717, 1.165) is 12.0 Å². The Labute approximate surface area is 194 Å². The van der Waals surface area contributed by atoms with Gasteiger partial charge in [0.25, 0.3) is 10.0 Å². The fraction of sp³-hybridized carbons (Fsp3) is 0.227. The fourth-order valence-corrected chi connectivity index (χ4v) is 5.09. The maximum Gasteiger partial charge on any atom is 0.321 e. The van der Waals surface area contributed by atoms with Gasteiger partial charge >= 0.3 is 6.01 Å². The van der Waals surface area contributed by atoms with Gasteiger partial charge in [-0.3, -0.25) is 4.72 Å². The van der Waals surface area contributed by atoms with Crippen LogP contribution < -0.4 is 23.7 Å². The molecule has 2 aromatic carbocycles. The summed E-state index contributed by atoms with van der Waals surface area (Å²) in [5, 5.41) is 4.34. The summed E-state index contributed by atoms with van der Waals surface area (Å²) in [7, 11) is -1.42. The summed E-state index contributed by atoms with van der Waals surface area (Å²) in [6.45, 7) is 0.449. The Hall–Kier alpha value is -4.06. The number of fused-ring (bicyclic) bond motifs is 3. The molecule has 12 heteroatoms. The maximum absolute atomic E-state index is 13.3. The number of rotatable bonds is 7. The molecule has 0 saturated heterocycles. The Morgan fingerprint density at radius 2 is 1.76 bits per heavy atom. The molecule has 1 aliphatic rings. The molecule has 1 N–H and O–H groups in total. The molecule has 3 heterocycles. The molecule has 2 aromatic heterocycles. The van der Waals surface area contributed by atoms with Crippen molar-refractivity contribution >= 4 is 26.8 Å². The number of hydrogen-bond donors (Lipinski definition) is 1. The number of sulfonamides is 1. The van der Waals surface area contributed by atoms with Crippen LogP contribution in [-0.2, 0) is 16.4 Å². The zero-order chi connectivity index (χ0) is 23.7. The summed E-state index contributed by atoms with van der Waals surface area (Å²) in [4.78, 5) is 8.01. The lowest BCUT2D eigenvalue weighted by Gasteiger charge is -2.20. The number of benzene rings is 2. The highest BCUT2D eigenvalue weighted by Crippen LogP contribution is 2.45. The molecule has 0 saturated carbocycles. The molecule has 176 valence electrons. The van der Waals surface area contributed by atoms with Crippen LogP contribution in [0.2, 0.25) is 0 Å². The second-order valence-corrected chi connectivity index (χ2v) is 8.89. The number of anilines is 1. The molecule has 4 aromatic rings. The van der Waals surface area contributed by atoms with Gasteiger partial charge in [-0.25, -0.2) is 18.4 Å². The molecule has 0 spiro atoms.